The van der Waals surface area contributed by atoms with Crippen molar-refractivity contribution in [2.75, 3.05) is 13.1 Å². The van der Waals surface area contributed by atoms with E-state index in [4.69, 9.17) is 16.1 Å². The molecule has 0 amide bonds. The molecule has 0 saturated carbocycles. The van der Waals surface area contributed by atoms with Crippen molar-refractivity contribution in [2.24, 2.45) is 5.92 Å². The molecular weight excluding hydrogens is 342 g/mol. The average Bonchev–Trinajstić information content (AvgIpc) is 2.88. The first-order valence-corrected chi connectivity index (χ1v) is 7.88. The second kappa shape index (κ2) is 6.24. The van der Waals surface area contributed by atoms with Crippen LogP contribution in [0.1, 0.15) is 18.7 Å². The van der Waals surface area contributed by atoms with Gasteiger partial charge in [0.25, 0.3) is 5.89 Å². The maximum atomic E-state index is 5.93. The lowest BCUT2D eigenvalue weighted by atomic mass is 9.96. The predicted octanol–water partition coefficient (Wildman–Crippen LogP) is 3.69. The smallest absolute Gasteiger partial charge is 0.259 e. The fourth-order valence-corrected chi connectivity index (χ4v) is 3.32. The summed E-state index contributed by atoms with van der Waals surface area (Å²) in [6.07, 6.45) is 3.31. The summed E-state index contributed by atoms with van der Waals surface area (Å²) in [5.74, 6) is 1.91. The normalized spacial score (nSPS) is 19.2. The Kier molecular flexibility index (Phi) is 4.38. The van der Waals surface area contributed by atoms with Gasteiger partial charge in [0.2, 0.25) is 0 Å². The van der Waals surface area contributed by atoms with E-state index >= 15 is 0 Å². The van der Waals surface area contributed by atoms with Gasteiger partial charge in [-0.2, -0.15) is 4.98 Å². The Hall–Kier alpha value is -0.910. The molecule has 2 aromatic rings. The minimum atomic E-state index is 0.535. The highest BCUT2D eigenvalue weighted by Gasteiger charge is 2.18. The summed E-state index contributed by atoms with van der Waals surface area (Å²) in [6.45, 7) is 2.15. The van der Waals surface area contributed by atoms with Crippen LogP contribution in [0.25, 0.3) is 11.5 Å². The Bertz CT molecular complexity index is 596. The van der Waals surface area contributed by atoms with Crippen molar-refractivity contribution >= 4 is 27.5 Å². The Labute approximate surface area is 131 Å². The molecule has 20 heavy (non-hydrogen) atoms. The molecular formula is C14H15BrClN3O. The molecule has 1 fully saturated rings. The van der Waals surface area contributed by atoms with E-state index in [2.05, 4.69) is 31.4 Å². The first-order valence-electron chi connectivity index (χ1n) is 6.71. The maximum absolute atomic E-state index is 5.93. The third kappa shape index (κ3) is 3.22. The highest BCUT2D eigenvalue weighted by Crippen LogP contribution is 2.29. The van der Waals surface area contributed by atoms with Crippen LogP contribution in [-0.4, -0.2) is 23.2 Å². The number of hydrogen-bond acceptors (Lipinski definition) is 4. The molecule has 1 atom stereocenters. The Morgan fingerprint density at radius 1 is 1.45 bits per heavy atom. The van der Waals surface area contributed by atoms with E-state index in [1.165, 1.54) is 12.8 Å². The van der Waals surface area contributed by atoms with Crippen LogP contribution in [0, 0.1) is 5.92 Å². The number of aromatic nitrogens is 2. The zero-order valence-electron chi connectivity index (χ0n) is 10.9. The molecule has 3 rings (SSSR count). The molecule has 1 aromatic carbocycles. The minimum absolute atomic E-state index is 0.535. The van der Waals surface area contributed by atoms with Crippen LogP contribution < -0.4 is 5.32 Å². The van der Waals surface area contributed by atoms with Gasteiger partial charge >= 0.3 is 0 Å². The topological polar surface area (TPSA) is 51.0 Å². The fourth-order valence-electron chi connectivity index (χ4n) is 2.47. The molecule has 0 aliphatic carbocycles. The van der Waals surface area contributed by atoms with Crippen molar-refractivity contribution in [3.8, 4) is 11.5 Å². The van der Waals surface area contributed by atoms with E-state index in [1.54, 1.807) is 0 Å². The van der Waals surface area contributed by atoms with Gasteiger partial charge in [0.1, 0.15) is 0 Å². The average molecular weight is 357 g/mol. The molecule has 1 saturated heterocycles. The predicted molar refractivity (Wildman–Crippen MR) is 81.7 cm³/mol. The maximum Gasteiger partial charge on any atom is 0.259 e. The Balaban J connectivity index is 1.75. The Morgan fingerprint density at radius 3 is 3.10 bits per heavy atom. The van der Waals surface area contributed by atoms with Gasteiger partial charge in [0.15, 0.2) is 5.82 Å². The van der Waals surface area contributed by atoms with Crippen LogP contribution in [0.15, 0.2) is 27.2 Å². The fraction of sp³-hybridized carbons (Fsp3) is 0.429. The molecule has 1 aliphatic heterocycles. The molecule has 4 nitrogen and oxygen atoms in total. The highest BCUT2D eigenvalue weighted by molar-refractivity contribution is 9.10. The van der Waals surface area contributed by atoms with E-state index in [9.17, 15) is 0 Å². The van der Waals surface area contributed by atoms with E-state index < -0.39 is 0 Å². The van der Waals surface area contributed by atoms with E-state index in [0.717, 1.165) is 35.4 Å². The molecule has 1 aromatic heterocycles. The van der Waals surface area contributed by atoms with Gasteiger partial charge in [-0.05, 0) is 66.0 Å². The first-order chi connectivity index (χ1) is 9.72. The van der Waals surface area contributed by atoms with Crippen LogP contribution >= 0.6 is 27.5 Å². The van der Waals surface area contributed by atoms with E-state index in [-0.39, 0.29) is 0 Å². The van der Waals surface area contributed by atoms with Gasteiger partial charge in [-0.3, -0.25) is 0 Å². The van der Waals surface area contributed by atoms with Crippen molar-refractivity contribution in [1.29, 1.82) is 0 Å². The van der Waals surface area contributed by atoms with Crippen molar-refractivity contribution in [3.63, 3.8) is 0 Å². The Morgan fingerprint density at radius 2 is 2.35 bits per heavy atom. The molecule has 6 heteroatoms. The van der Waals surface area contributed by atoms with Crippen molar-refractivity contribution < 1.29 is 4.52 Å². The number of rotatable bonds is 3. The van der Waals surface area contributed by atoms with Gasteiger partial charge in [0.05, 0.1) is 5.56 Å². The van der Waals surface area contributed by atoms with Crippen LogP contribution in [0.3, 0.4) is 0 Å². The summed E-state index contributed by atoms with van der Waals surface area (Å²) in [5.41, 5.74) is 0.870. The van der Waals surface area contributed by atoms with Crippen molar-refractivity contribution in [3.05, 3.63) is 33.5 Å². The lowest BCUT2D eigenvalue weighted by Gasteiger charge is -2.20. The highest BCUT2D eigenvalue weighted by atomic mass is 79.9. The second-order valence-electron chi connectivity index (χ2n) is 5.06. The van der Waals surface area contributed by atoms with Gasteiger partial charge in [-0.1, -0.05) is 16.8 Å². The van der Waals surface area contributed by atoms with Gasteiger partial charge in [0, 0.05) is 15.9 Å². The van der Waals surface area contributed by atoms with Crippen molar-refractivity contribution in [1.82, 2.24) is 15.5 Å². The van der Waals surface area contributed by atoms with Crippen molar-refractivity contribution in [2.45, 2.75) is 19.3 Å². The number of piperidine rings is 1. The van der Waals surface area contributed by atoms with Gasteiger partial charge < -0.3 is 9.84 Å². The van der Waals surface area contributed by atoms with Gasteiger partial charge in [-0.25, -0.2) is 0 Å². The minimum Gasteiger partial charge on any atom is -0.334 e. The van der Waals surface area contributed by atoms with E-state index in [0.29, 0.717) is 16.8 Å². The number of hydrogen-bond donors (Lipinski definition) is 1. The molecule has 2 heterocycles. The number of halogens is 2. The van der Waals surface area contributed by atoms with E-state index in [1.807, 2.05) is 18.2 Å². The second-order valence-corrected chi connectivity index (χ2v) is 6.35. The molecule has 106 valence electrons. The lowest BCUT2D eigenvalue weighted by Crippen LogP contribution is -2.31. The summed E-state index contributed by atoms with van der Waals surface area (Å²) in [4.78, 5) is 4.49. The summed E-state index contributed by atoms with van der Waals surface area (Å²) in [5, 5.41) is 8.16. The quantitative estimate of drug-likeness (QED) is 0.911. The lowest BCUT2D eigenvalue weighted by molar-refractivity contribution is 0.360. The number of nitrogens with one attached hydrogen (secondary N) is 1. The number of nitrogens with zero attached hydrogens (tertiary/aromatic N) is 2. The van der Waals surface area contributed by atoms with Crippen LogP contribution in [0.2, 0.25) is 5.02 Å². The molecule has 0 radical (unpaired) electrons. The summed E-state index contributed by atoms with van der Waals surface area (Å²) < 4.78 is 6.22. The van der Waals surface area contributed by atoms with Crippen LogP contribution in [0.4, 0.5) is 0 Å². The first kappa shape index (κ1) is 14.0. The molecule has 1 aliphatic rings. The molecule has 1 N–H and O–H groups in total. The summed E-state index contributed by atoms with van der Waals surface area (Å²) >= 11 is 9.40. The standard InChI is InChI=1S/C14H15BrClN3O/c15-12-7-10(16)3-4-11(12)14-18-13(19-20-14)6-9-2-1-5-17-8-9/h3-4,7,9,17H,1-2,5-6,8H2. The summed E-state index contributed by atoms with van der Waals surface area (Å²) in [7, 11) is 0. The zero-order valence-corrected chi connectivity index (χ0v) is 13.2. The zero-order chi connectivity index (χ0) is 13.9. The number of benzene rings is 1. The van der Waals surface area contributed by atoms with Crippen LogP contribution in [0.5, 0.6) is 0 Å². The molecule has 1 unspecified atom stereocenters. The monoisotopic (exact) mass is 355 g/mol. The molecule has 0 bridgehead atoms. The largest absolute Gasteiger partial charge is 0.334 e. The van der Waals surface area contributed by atoms with Gasteiger partial charge in [-0.15, -0.1) is 0 Å². The summed E-state index contributed by atoms with van der Waals surface area (Å²) in [6, 6.07) is 5.52. The third-order valence-corrected chi connectivity index (χ3v) is 4.39. The van der Waals surface area contributed by atoms with Crippen LogP contribution in [-0.2, 0) is 6.42 Å². The SMILES string of the molecule is Clc1ccc(-c2nc(CC3CCCNC3)no2)c(Br)c1. The third-order valence-electron chi connectivity index (χ3n) is 3.50. The molecule has 0 spiro atoms.